The second kappa shape index (κ2) is 14.7. The van der Waals surface area contributed by atoms with Gasteiger partial charge < -0.3 is 9.56 Å². The largest absolute Gasteiger partial charge is 0.506 e. The molecule has 0 bridgehead atoms. The molecular weight excluding hydrogens is 190 g/mol. The van der Waals surface area contributed by atoms with Crippen molar-refractivity contribution >= 4 is 0 Å². The summed E-state index contributed by atoms with van der Waals surface area (Å²) in [7, 11) is 0. The molecule has 0 saturated carbocycles. The van der Waals surface area contributed by atoms with Gasteiger partial charge in [-0.1, -0.05) is 20.8 Å². The van der Waals surface area contributed by atoms with Gasteiger partial charge in [-0.3, -0.25) is 0 Å². The molecule has 0 atom stereocenters. The van der Waals surface area contributed by atoms with Gasteiger partial charge in [0, 0.05) is 0 Å². The Bertz CT molecular complexity index is 69.8. The van der Waals surface area contributed by atoms with E-state index >= 15 is 0 Å². The minimum Gasteiger partial charge on any atom is -0.506 e. The number of hydrogen-bond donors (Lipinski definition) is 1. The van der Waals surface area contributed by atoms with E-state index in [4.69, 9.17) is 9.32 Å². The molecule has 0 rings (SSSR count). The summed E-state index contributed by atoms with van der Waals surface area (Å²) in [5.41, 5.74) is 0. The standard InChI is InChI=1S/C9H21N.ClHO2/c1-4-7-10(8-5-2)9-6-3;2-1-3/h4-9H2,1-3H3;2H. The molecule has 0 spiro atoms. The van der Waals surface area contributed by atoms with E-state index in [0.717, 1.165) is 0 Å². The molecule has 0 saturated heterocycles. The Balaban J connectivity index is 0. The maximum atomic E-state index is 8.35. The highest BCUT2D eigenvalue weighted by molar-refractivity contribution is 4.53. The van der Waals surface area contributed by atoms with Crippen molar-refractivity contribution in [3.63, 3.8) is 0 Å². The summed E-state index contributed by atoms with van der Waals surface area (Å²) < 4.78 is 15.2. The fourth-order valence-electron chi connectivity index (χ4n) is 1.28. The summed E-state index contributed by atoms with van der Waals surface area (Å²) in [4.78, 5) is 2.54. The molecule has 13 heavy (non-hydrogen) atoms. The third kappa shape index (κ3) is 15.0. The highest BCUT2D eigenvalue weighted by Gasteiger charge is 1.98. The number of halogens is 1. The molecular formula is C9H22ClNO2. The summed E-state index contributed by atoms with van der Waals surface area (Å²) in [6.07, 6.45) is 3.88. The van der Waals surface area contributed by atoms with Gasteiger partial charge in [-0.15, -0.1) is 4.66 Å². The zero-order valence-corrected chi connectivity index (χ0v) is 9.68. The van der Waals surface area contributed by atoms with E-state index in [1.165, 1.54) is 38.9 Å². The van der Waals surface area contributed by atoms with E-state index in [2.05, 4.69) is 25.7 Å². The second-order valence-corrected chi connectivity index (χ2v) is 3.05. The van der Waals surface area contributed by atoms with Crippen LogP contribution in [0.2, 0.25) is 0 Å². The summed E-state index contributed by atoms with van der Waals surface area (Å²) >= 11 is -0.167. The predicted octanol–water partition coefficient (Wildman–Crippen LogP) is 0.772. The first-order chi connectivity index (χ1) is 6.26. The lowest BCUT2D eigenvalue weighted by atomic mass is 10.3. The van der Waals surface area contributed by atoms with Crippen LogP contribution in [0, 0.1) is 11.3 Å². The molecule has 0 amide bonds. The van der Waals surface area contributed by atoms with Crippen LogP contribution < -0.4 is 4.66 Å². The Morgan fingerprint density at radius 3 is 1.38 bits per heavy atom. The molecule has 0 unspecified atom stereocenters. The van der Waals surface area contributed by atoms with E-state index in [0.29, 0.717) is 0 Å². The van der Waals surface area contributed by atoms with Crippen LogP contribution in [0.5, 0.6) is 0 Å². The lowest BCUT2D eigenvalue weighted by Crippen LogP contribution is -2.25. The third-order valence-electron chi connectivity index (χ3n) is 1.62. The van der Waals surface area contributed by atoms with Crippen LogP contribution in [0.4, 0.5) is 0 Å². The number of nitrogens with zero attached hydrogens (tertiary/aromatic N) is 1. The molecule has 0 aromatic carbocycles. The van der Waals surface area contributed by atoms with Gasteiger partial charge >= 0.3 is 11.3 Å². The topological polar surface area (TPSA) is 46.5 Å². The first-order valence-electron chi connectivity index (χ1n) is 4.89. The van der Waals surface area contributed by atoms with Gasteiger partial charge in [0.2, 0.25) is 0 Å². The van der Waals surface area contributed by atoms with Crippen molar-refractivity contribution in [1.82, 2.24) is 4.90 Å². The first-order valence-corrected chi connectivity index (χ1v) is 5.54. The van der Waals surface area contributed by atoms with Gasteiger partial charge in [0.15, 0.2) is 0 Å². The van der Waals surface area contributed by atoms with Crippen LogP contribution in [-0.2, 0) is 0 Å². The monoisotopic (exact) mass is 211 g/mol. The van der Waals surface area contributed by atoms with Crippen LogP contribution in [0.25, 0.3) is 0 Å². The van der Waals surface area contributed by atoms with Crippen molar-refractivity contribution in [2.24, 2.45) is 0 Å². The van der Waals surface area contributed by atoms with Crippen molar-refractivity contribution in [1.29, 1.82) is 0 Å². The second-order valence-electron chi connectivity index (χ2n) is 2.91. The maximum Gasteiger partial charge on any atom is 0.327 e. The molecule has 0 fully saturated rings. The minimum absolute atomic E-state index is 0.167. The van der Waals surface area contributed by atoms with Crippen LogP contribution >= 0.6 is 0 Å². The first kappa shape index (κ1) is 15.6. The van der Waals surface area contributed by atoms with Gasteiger partial charge in [0.05, 0.1) is 0 Å². The molecule has 0 aliphatic heterocycles. The lowest BCUT2D eigenvalue weighted by Gasteiger charge is -2.19. The van der Waals surface area contributed by atoms with E-state index in [-0.39, 0.29) is 11.3 Å². The fourth-order valence-corrected chi connectivity index (χ4v) is 1.28. The highest BCUT2D eigenvalue weighted by atomic mass is 35.6. The van der Waals surface area contributed by atoms with Crippen LogP contribution in [0.15, 0.2) is 0 Å². The Kier molecular flexibility index (Phi) is 17.7. The fraction of sp³-hybridized carbons (Fsp3) is 1.00. The maximum absolute atomic E-state index is 8.35. The zero-order valence-electron chi connectivity index (χ0n) is 8.92. The van der Waals surface area contributed by atoms with Gasteiger partial charge in [-0.25, -0.2) is 0 Å². The van der Waals surface area contributed by atoms with Crippen molar-refractivity contribution in [3.8, 4) is 0 Å². The van der Waals surface area contributed by atoms with Crippen molar-refractivity contribution < 1.29 is 20.6 Å². The molecule has 4 heteroatoms. The van der Waals surface area contributed by atoms with Crippen LogP contribution in [-0.4, -0.2) is 29.2 Å². The number of hydrogen-bond acceptors (Lipinski definition) is 3. The highest BCUT2D eigenvalue weighted by Crippen LogP contribution is 1.94. The van der Waals surface area contributed by atoms with Gasteiger partial charge in [-0.05, 0) is 38.9 Å². The van der Waals surface area contributed by atoms with Crippen molar-refractivity contribution in [3.05, 3.63) is 0 Å². The third-order valence-corrected chi connectivity index (χ3v) is 1.62. The van der Waals surface area contributed by atoms with Gasteiger partial charge in [-0.2, -0.15) is 0 Å². The molecule has 0 aromatic heterocycles. The quantitative estimate of drug-likeness (QED) is 0.706. The summed E-state index contributed by atoms with van der Waals surface area (Å²) in [5, 5.41) is 0. The molecule has 0 heterocycles. The molecule has 0 radical (unpaired) electrons. The van der Waals surface area contributed by atoms with Gasteiger partial charge in [0.1, 0.15) is 0 Å². The summed E-state index contributed by atoms with van der Waals surface area (Å²) in [6, 6.07) is 0. The normalized spacial score (nSPS) is 9.69. The van der Waals surface area contributed by atoms with E-state index < -0.39 is 0 Å². The Morgan fingerprint density at radius 2 is 1.23 bits per heavy atom. The Hall–Kier alpha value is 0.170. The van der Waals surface area contributed by atoms with E-state index in [1.54, 1.807) is 0 Å². The van der Waals surface area contributed by atoms with E-state index in [1.807, 2.05) is 0 Å². The molecule has 0 aromatic rings. The molecule has 3 nitrogen and oxygen atoms in total. The minimum atomic E-state index is -0.167. The molecule has 82 valence electrons. The average molecular weight is 212 g/mol. The predicted molar refractivity (Wildman–Crippen MR) is 49.5 cm³/mol. The zero-order chi connectivity index (χ0) is 10.5. The molecule has 1 N–H and O–H groups in total. The molecule has 0 aliphatic carbocycles. The molecule has 0 aliphatic rings. The van der Waals surface area contributed by atoms with Crippen LogP contribution in [0.3, 0.4) is 0 Å². The van der Waals surface area contributed by atoms with Crippen LogP contribution in [0.1, 0.15) is 40.0 Å². The van der Waals surface area contributed by atoms with E-state index in [9.17, 15) is 0 Å². The Morgan fingerprint density at radius 1 is 1.00 bits per heavy atom. The Labute approximate surface area is 85.8 Å². The summed E-state index contributed by atoms with van der Waals surface area (Å²) in [6.45, 7) is 10.6. The summed E-state index contributed by atoms with van der Waals surface area (Å²) in [5.74, 6) is 0. The van der Waals surface area contributed by atoms with Crippen molar-refractivity contribution in [2.45, 2.75) is 40.0 Å². The SMILES string of the molecule is CCCN(CCC)CCC.[O-][Cl+]O. The number of rotatable bonds is 6. The lowest BCUT2D eigenvalue weighted by molar-refractivity contribution is -1.27. The van der Waals surface area contributed by atoms with Gasteiger partial charge in [0.25, 0.3) is 0 Å². The van der Waals surface area contributed by atoms with Crippen molar-refractivity contribution in [2.75, 3.05) is 19.6 Å². The average Bonchev–Trinajstić information content (AvgIpc) is 2.07. The smallest absolute Gasteiger partial charge is 0.327 e.